The molecule has 0 saturated heterocycles. The number of carbonyl (C=O) groups is 3. The number of esters is 1. The molecule has 29 heavy (non-hydrogen) atoms. The van der Waals surface area contributed by atoms with Crippen molar-refractivity contribution in [3.8, 4) is 11.5 Å². The number of ether oxygens (including phenoxy) is 3. The molecular weight excluding hydrogens is 374 g/mol. The van der Waals surface area contributed by atoms with Crippen molar-refractivity contribution >= 4 is 23.3 Å². The first-order valence-corrected chi connectivity index (χ1v) is 9.36. The third kappa shape index (κ3) is 6.95. The molecule has 0 radical (unpaired) electrons. The minimum atomic E-state index is -1.03. The SMILES string of the molecule is CCCOc1ccccc1OCC(=O)OC(C)C(=O)Nc1cccc(C(C)=O)c1. The van der Waals surface area contributed by atoms with E-state index in [-0.39, 0.29) is 12.4 Å². The van der Waals surface area contributed by atoms with Gasteiger partial charge in [-0.15, -0.1) is 0 Å². The first kappa shape index (κ1) is 21.9. The molecule has 1 amide bonds. The van der Waals surface area contributed by atoms with Gasteiger partial charge in [0.1, 0.15) is 0 Å². The van der Waals surface area contributed by atoms with E-state index in [0.717, 1.165) is 6.42 Å². The fourth-order valence-electron chi connectivity index (χ4n) is 2.38. The summed E-state index contributed by atoms with van der Waals surface area (Å²) in [5, 5.41) is 2.62. The number of para-hydroxylation sites is 2. The molecule has 0 heterocycles. The second-order valence-electron chi connectivity index (χ2n) is 6.34. The second-order valence-corrected chi connectivity index (χ2v) is 6.34. The lowest BCUT2D eigenvalue weighted by Crippen LogP contribution is -2.31. The van der Waals surface area contributed by atoms with Crippen LogP contribution in [0.4, 0.5) is 5.69 Å². The number of ketones is 1. The van der Waals surface area contributed by atoms with Gasteiger partial charge < -0.3 is 19.5 Å². The summed E-state index contributed by atoms with van der Waals surface area (Å²) >= 11 is 0. The fraction of sp³-hybridized carbons (Fsp3) is 0.318. The Kier molecular flexibility index (Phi) is 8.21. The van der Waals surface area contributed by atoms with Crippen LogP contribution in [0.15, 0.2) is 48.5 Å². The summed E-state index contributed by atoms with van der Waals surface area (Å²) in [6.45, 7) is 5.07. The van der Waals surface area contributed by atoms with Crippen molar-refractivity contribution in [1.29, 1.82) is 0 Å². The van der Waals surface area contributed by atoms with Gasteiger partial charge in [-0.1, -0.05) is 31.2 Å². The Balaban J connectivity index is 1.86. The normalized spacial score (nSPS) is 11.3. The van der Waals surface area contributed by atoms with E-state index in [9.17, 15) is 14.4 Å². The quantitative estimate of drug-likeness (QED) is 0.485. The molecule has 1 atom stereocenters. The van der Waals surface area contributed by atoms with Crippen molar-refractivity contribution in [2.45, 2.75) is 33.3 Å². The van der Waals surface area contributed by atoms with Crippen molar-refractivity contribution in [2.24, 2.45) is 0 Å². The summed E-state index contributed by atoms with van der Waals surface area (Å²) in [5.41, 5.74) is 0.925. The number of nitrogens with one attached hydrogen (secondary N) is 1. The predicted molar refractivity (Wildman–Crippen MR) is 108 cm³/mol. The Morgan fingerprint density at radius 1 is 1.00 bits per heavy atom. The third-order valence-corrected chi connectivity index (χ3v) is 3.87. The maximum Gasteiger partial charge on any atom is 0.344 e. The maximum absolute atomic E-state index is 12.2. The van der Waals surface area contributed by atoms with Crippen molar-refractivity contribution in [3.63, 3.8) is 0 Å². The van der Waals surface area contributed by atoms with Crippen molar-refractivity contribution in [3.05, 3.63) is 54.1 Å². The highest BCUT2D eigenvalue weighted by Gasteiger charge is 2.19. The number of amides is 1. The van der Waals surface area contributed by atoms with Crippen molar-refractivity contribution in [1.82, 2.24) is 0 Å². The molecule has 0 aliphatic rings. The van der Waals surface area contributed by atoms with Crippen LogP contribution in [0.5, 0.6) is 11.5 Å². The summed E-state index contributed by atoms with van der Waals surface area (Å²) in [6, 6.07) is 13.5. The summed E-state index contributed by atoms with van der Waals surface area (Å²) in [7, 11) is 0. The molecule has 154 valence electrons. The summed E-state index contributed by atoms with van der Waals surface area (Å²) in [5.74, 6) is -0.337. The van der Waals surface area contributed by atoms with Gasteiger partial charge in [-0.3, -0.25) is 9.59 Å². The van der Waals surface area contributed by atoms with Crippen LogP contribution < -0.4 is 14.8 Å². The molecule has 2 aromatic rings. The Morgan fingerprint density at radius 3 is 2.34 bits per heavy atom. The van der Waals surface area contributed by atoms with Gasteiger partial charge >= 0.3 is 5.97 Å². The number of hydrogen-bond donors (Lipinski definition) is 1. The summed E-state index contributed by atoms with van der Waals surface area (Å²) < 4.78 is 16.2. The van der Waals surface area contributed by atoms with Crippen LogP contribution in [0, 0.1) is 0 Å². The standard InChI is InChI=1S/C22H25NO6/c1-4-12-27-19-10-5-6-11-20(19)28-14-21(25)29-16(3)22(26)23-18-9-7-8-17(13-18)15(2)24/h5-11,13,16H,4,12,14H2,1-3H3,(H,23,26). The van der Waals surface area contributed by atoms with E-state index >= 15 is 0 Å². The number of anilines is 1. The average Bonchev–Trinajstić information content (AvgIpc) is 2.71. The van der Waals surface area contributed by atoms with E-state index in [1.807, 2.05) is 13.0 Å². The highest BCUT2D eigenvalue weighted by molar-refractivity contribution is 5.98. The molecule has 0 aliphatic carbocycles. The molecule has 2 rings (SSSR count). The lowest BCUT2D eigenvalue weighted by Gasteiger charge is -2.15. The second kappa shape index (κ2) is 10.8. The zero-order chi connectivity index (χ0) is 21.2. The molecule has 0 aliphatic heterocycles. The molecule has 1 unspecified atom stereocenters. The van der Waals surface area contributed by atoms with Gasteiger partial charge in [0.05, 0.1) is 6.61 Å². The van der Waals surface area contributed by atoms with Crippen LogP contribution in [0.2, 0.25) is 0 Å². The molecule has 0 spiro atoms. The lowest BCUT2D eigenvalue weighted by molar-refractivity contribution is -0.155. The van der Waals surface area contributed by atoms with Crippen LogP contribution in [-0.2, 0) is 14.3 Å². The number of Topliss-reactive ketones (excluding diaryl/α,β-unsaturated/α-hetero) is 1. The average molecular weight is 399 g/mol. The van der Waals surface area contributed by atoms with Gasteiger partial charge in [0.15, 0.2) is 30.0 Å². The number of benzene rings is 2. The topological polar surface area (TPSA) is 90.9 Å². The molecule has 0 aromatic heterocycles. The van der Waals surface area contributed by atoms with Crippen LogP contribution in [0.3, 0.4) is 0 Å². The zero-order valence-corrected chi connectivity index (χ0v) is 16.8. The predicted octanol–water partition coefficient (Wildman–Crippen LogP) is 3.63. The number of hydrogen-bond acceptors (Lipinski definition) is 6. The molecule has 7 nitrogen and oxygen atoms in total. The Morgan fingerprint density at radius 2 is 1.69 bits per heavy atom. The van der Waals surface area contributed by atoms with Crippen LogP contribution >= 0.6 is 0 Å². The minimum Gasteiger partial charge on any atom is -0.490 e. The van der Waals surface area contributed by atoms with Crippen LogP contribution in [0.25, 0.3) is 0 Å². The molecule has 0 bridgehead atoms. The van der Waals surface area contributed by atoms with E-state index in [4.69, 9.17) is 14.2 Å². The van der Waals surface area contributed by atoms with Crippen molar-refractivity contribution in [2.75, 3.05) is 18.5 Å². The maximum atomic E-state index is 12.2. The molecular formula is C22H25NO6. The highest BCUT2D eigenvalue weighted by atomic mass is 16.6. The third-order valence-electron chi connectivity index (χ3n) is 3.87. The van der Waals surface area contributed by atoms with Crippen molar-refractivity contribution < 1.29 is 28.6 Å². The number of rotatable bonds is 10. The Labute approximate surface area is 170 Å². The first-order chi connectivity index (χ1) is 13.9. The molecule has 7 heteroatoms. The van der Waals surface area contributed by atoms with E-state index in [1.165, 1.54) is 13.8 Å². The zero-order valence-electron chi connectivity index (χ0n) is 16.8. The van der Waals surface area contributed by atoms with Crippen LogP contribution in [-0.4, -0.2) is 37.0 Å². The largest absolute Gasteiger partial charge is 0.490 e. The molecule has 2 aromatic carbocycles. The minimum absolute atomic E-state index is 0.110. The summed E-state index contributed by atoms with van der Waals surface area (Å²) in [6.07, 6.45) is -0.183. The van der Waals surface area contributed by atoms with Crippen LogP contribution in [0.1, 0.15) is 37.6 Å². The molecule has 1 N–H and O–H groups in total. The van der Waals surface area contributed by atoms with Gasteiger partial charge in [0.25, 0.3) is 5.91 Å². The first-order valence-electron chi connectivity index (χ1n) is 9.36. The fourth-order valence-corrected chi connectivity index (χ4v) is 2.38. The smallest absolute Gasteiger partial charge is 0.344 e. The van der Waals surface area contributed by atoms with Gasteiger partial charge in [-0.25, -0.2) is 4.79 Å². The van der Waals surface area contributed by atoms with E-state index in [2.05, 4.69) is 5.32 Å². The van der Waals surface area contributed by atoms with Gasteiger partial charge in [0, 0.05) is 11.3 Å². The van der Waals surface area contributed by atoms with Gasteiger partial charge in [-0.05, 0) is 44.5 Å². The Bertz CT molecular complexity index is 864. The Hall–Kier alpha value is -3.35. The number of carbonyl (C=O) groups excluding carboxylic acids is 3. The van der Waals surface area contributed by atoms with E-state index in [0.29, 0.717) is 29.4 Å². The monoisotopic (exact) mass is 399 g/mol. The lowest BCUT2D eigenvalue weighted by atomic mass is 10.1. The van der Waals surface area contributed by atoms with Gasteiger partial charge in [0.2, 0.25) is 0 Å². The van der Waals surface area contributed by atoms with E-state index in [1.54, 1.807) is 42.5 Å². The highest BCUT2D eigenvalue weighted by Crippen LogP contribution is 2.26. The van der Waals surface area contributed by atoms with Gasteiger partial charge in [-0.2, -0.15) is 0 Å². The van der Waals surface area contributed by atoms with E-state index < -0.39 is 18.0 Å². The summed E-state index contributed by atoms with van der Waals surface area (Å²) in [4.78, 5) is 35.7. The molecule has 0 saturated carbocycles. The molecule has 0 fully saturated rings.